The summed E-state index contributed by atoms with van der Waals surface area (Å²) in [4.78, 5) is 13.0. The molecule has 7 heteroatoms. The van der Waals surface area contributed by atoms with E-state index in [0.29, 0.717) is 10.0 Å². The highest BCUT2D eigenvalue weighted by molar-refractivity contribution is 6.40. The second kappa shape index (κ2) is 11.3. The molecule has 1 N–H and O–H groups in total. The van der Waals surface area contributed by atoms with Gasteiger partial charge < -0.3 is 9.38 Å². The quantitative estimate of drug-likeness (QED) is 0.136. The van der Waals surface area contributed by atoms with E-state index >= 15 is 0 Å². The van der Waals surface area contributed by atoms with Crippen LogP contribution in [0, 0.1) is 13.8 Å². The molecule has 0 radical (unpaired) electrons. The molecule has 6 aromatic carbocycles. The van der Waals surface area contributed by atoms with Gasteiger partial charge in [0.15, 0.2) is 0 Å². The van der Waals surface area contributed by atoms with Crippen molar-refractivity contribution >= 4 is 116 Å². The molecule has 0 saturated heterocycles. The first-order chi connectivity index (χ1) is 24.8. The molecule has 5 aromatic heterocycles. The van der Waals surface area contributed by atoms with Gasteiger partial charge >= 0.3 is 0 Å². The van der Waals surface area contributed by atoms with Gasteiger partial charge in [0, 0.05) is 71.2 Å². The number of aromatic amines is 1. The second-order valence-corrected chi connectivity index (χ2v) is 14.6. The molecule has 0 bridgehead atoms. The minimum atomic E-state index is 0.612. The third-order valence-corrected chi connectivity index (χ3v) is 10.7. The van der Waals surface area contributed by atoms with Gasteiger partial charge in [-0.3, -0.25) is 9.97 Å². The summed E-state index contributed by atoms with van der Waals surface area (Å²) in [6, 6.07) is 37.6. The average Bonchev–Trinajstić information content (AvgIpc) is 3.66. The van der Waals surface area contributed by atoms with Crippen molar-refractivity contribution in [1.82, 2.24) is 19.4 Å². The van der Waals surface area contributed by atoms with Crippen LogP contribution in [0.25, 0.3) is 92.8 Å². The van der Waals surface area contributed by atoms with Gasteiger partial charge in [-0.2, -0.15) is 0 Å². The first kappa shape index (κ1) is 30.4. The molecular weight excluding hydrogens is 691 g/mol. The highest BCUT2D eigenvalue weighted by Crippen LogP contribution is 2.42. The summed E-state index contributed by atoms with van der Waals surface area (Å²) in [6.45, 7) is 4.26. The molecule has 0 aliphatic heterocycles. The third-order valence-electron chi connectivity index (χ3n) is 10.0. The molecule has 11 rings (SSSR count). The Morgan fingerprint density at radius 1 is 0.569 bits per heavy atom. The molecule has 0 unspecified atom stereocenters. The topological polar surface area (TPSA) is 46.0 Å². The Morgan fingerprint density at radius 3 is 2.08 bits per heavy atom. The molecule has 0 aliphatic carbocycles. The fraction of sp³-hybridized carbons (Fsp3) is 0.0455. The normalized spacial score (nSPS) is 12.0. The number of halogens is 3. The zero-order valence-corrected chi connectivity index (χ0v) is 29.8. The highest BCUT2D eigenvalue weighted by Gasteiger charge is 2.19. The van der Waals surface area contributed by atoms with Crippen molar-refractivity contribution in [3.63, 3.8) is 0 Å². The second-order valence-electron chi connectivity index (χ2n) is 13.3. The number of fused-ring (bicyclic) bond motifs is 9. The Balaban J connectivity index is 0.000000128. The molecule has 0 aliphatic rings. The van der Waals surface area contributed by atoms with Crippen molar-refractivity contribution in [2.24, 2.45) is 0 Å². The fourth-order valence-corrected chi connectivity index (χ4v) is 8.85. The largest absolute Gasteiger partial charge is 0.354 e. The van der Waals surface area contributed by atoms with E-state index in [-0.39, 0.29) is 0 Å². The maximum Gasteiger partial charge on any atom is 0.0822 e. The number of para-hydroxylation sites is 2. The monoisotopic (exact) mass is 716 g/mol. The van der Waals surface area contributed by atoms with E-state index in [2.05, 4.69) is 101 Å². The number of H-pyrrole nitrogens is 1. The number of hydrogen-bond donors (Lipinski definition) is 1. The van der Waals surface area contributed by atoms with Crippen LogP contribution >= 0.6 is 34.8 Å². The molecule has 0 saturated carbocycles. The summed E-state index contributed by atoms with van der Waals surface area (Å²) in [5.74, 6) is 0. The van der Waals surface area contributed by atoms with E-state index in [0.717, 1.165) is 54.5 Å². The Morgan fingerprint density at radius 2 is 1.24 bits per heavy atom. The summed E-state index contributed by atoms with van der Waals surface area (Å²) in [5, 5.41) is 12.3. The molecule has 5 heterocycles. The predicted octanol–water partition coefficient (Wildman–Crippen LogP) is 13.5. The molecule has 0 spiro atoms. The first-order valence-electron chi connectivity index (χ1n) is 16.7. The Labute approximate surface area is 307 Å². The van der Waals surface area contributed by atoms with Gasteiger partial charge in [-0.25, -0.2) is 0 Å². The Kier molecular flexibility index (Phi) is 6.75. The first-order valence-corrected chi connectivity index (χ1v) is 17.9. The van der Waals surface area contributed by atoms with Crippen LogP contribution in [0.5, 0.6) is 0 Å². The van der Waals surface area contributed by atoms with Gasteiger partial charge in [0.2, 0.25) is 0 Å². The number of aromatic nitrogens is 4. The van der Waals surface area contributed by atoms with Crippen LogP contribution in [-0.4, -0.2) is 19.4 Å². The minimum Gasteiger partial charge on any atom is -0.354 e. The van der Waals surface area contributed by atoms with Crippen molar-refractivity contribution in [2.75, 3.05) is 0 Å². The Bertz CT molecular complexity index is 3210. The van der Waals surface area contributed by atoms with Crippen LogP contribution in [0.3, 0.4) is 0 Å². The van der Waals surface area contributed by atoms with Gasteiger partial charge in [0.1, 0.15) is 0 Å². The molecule has 0 atom stereocenters. The van der Waals surface area contributed by atoms with Crippen LogP contribution in [0.15, 0.2) is 122 Å². The molecule has 4 nitrogen and oxygen atoms in total. The number of nitrogens with one attached hydrogen (secondary N) is 1. The number of rotatable bonds is 1. The van der Waals surface area contributed by atoms with E-state index < -0.39 is 0 Å². The predicted molar refractivity (Wildman–Crippen MR) is 217 cm³/mol. The molecule has 0 amide bonds. The van der Waals surface area contributed by atoms with Gasteiger partial charge in [-0.15, -0.1) is 0 Å². The molecule has 244 valence electrons. The summed E-state index contributed by atoms with van der Waals surface area (Å²) >= 11 is 19.2. The molecule has 11 aromatic rings. The SMILES string of the molecule is Cc1cc(-c2nccc3cc(Cl)cc(Cl)c23)c2[nH]c3ccccc3c2c1.Cc1cc2c3ccccc3n3c4cc(Cl)cc5ccnc(c(c1)c23)c54. The lowest BCUT2D eigenvalue weighted by Crippen LogP contribution is -1.94. The van der Waals surface area contributed by atoms with Crippen LogP contribution in [-0.2, 0) is 0 Å². The van der Waals surface area contributed by atoms with E-state index in [4.69, 9.17) is 39.8 Å². The summed E-state index contributed by atoms with van der Waals surface area (Å²) < 4.78 is 2.35. The summed E-state index contributed by atoms with van der Waals surface area (Å²) in [6.07, 6.45) is 3.69. The van der Waals surface area contributed by atoms with Crippen LogP contribution in [0.2, 0.25) is 15.1 Å². The number of pyridine rings is 3. The van der Waals surface area contributed by atoms with Crippen LogP contribution < -0.4 is 0 Å². The number of benzene rings is 6. The van der Waals surface area contributed by atoms with Gasteiger partial charge in [-0.1, -0.05) is 71.2 Å². The van der Waals surface area contributed by atoms with E-state index in [1.54, 1.807) is 12.3 Å². The minimum absolute atomic E-state index is 0.612. The number of aryl methyl sites for hydroxylation is 2. The van der Waals surface area contributed by atoms with Crippen molar-refractivity contribution in [1.29, 1.82) is 0 Å². The van der Waals surface area contributed by atoms with Crippen molar-refractivity contribution < 1.29 is 0 Å². The average molecular weight is 718 g/mol. The van der Waals surface area contributed by atoms with E-state index in [9.17, 15) is 0 Å². The lowest BCUT2D eigenvalue weighted by atomic mass is 9.99. The van der Waals surface area contributed by atoms with E-state index in [1.807, 2.05) is 36.5 Å². The maximum atomic E-state index is 6.55. The smallest absolute Gasteiger partial charge is 0.0822 e. The molecule has 0 fully saturated rings. The summed E-state index contributed by atoms with van der Waals surface area (Å²) in [7, 11) is 0. The van der Waals surface area contributed by atoms with Crippen molar-refractivity contribution in [3.8, 4) is 11.3 Å². The molecule has 51 heavy (non-hydrogen) atoms. The van der Waals surface area contributed by atoms with Gasteiger partial charge in [0.05, 0.1) is 38.3 Å². The Hall–Kier alpha value is -5.39. The third kappa shape index (κ3) is 4.61. The highest BCUT2D eigenvalue weighted by atomic mass is 35.5. The van der Waals surface area contributed by atoms with E-state index in [1.165, 1.54) is 54.5 Å². The number of nitrogens with zero attached hydrogens (tertiary/aromatic N) is 3. The van der Waals surface area contributed by atoms with Crippen molar-refractivity contribution in [3.05, 3.63) is 148 Å². The fourth-order valence-electron chi connectivity index (χ4n) is 8.03. The van der Waals surface area contributed by atoms with Crippen LogP contribution in [0.4, 0.5) is 0 Å². The zero-order chi connectivity index (χ0) is 34.5. The van der Waals surface area contributed by atoms with Gasteiger partial charge in [-0.05, 0) is 109 Å². The summed E-state index contributed by atoms with van der Waals surface area (Å²) in [5.41, 5.74) is 11.1. The standard InChI is InChI=1S/C22H14Cl2N2.C22H13ClN2/c1-12-8-16-15-4-2-3-5-19(15)26-21(16)17(9-12)22-20-13(6-7-25-22)10-14(23)11-18(20)24;1-12-8-16-15-4-2-3-5-18(15)25-19-11-14(23)10-13-6-7-24-21(20(13)19)17(9-12)22(16)25/h2-11,26H,1H3;2-11H,1H3. The van der Waals surface area contributed by atoms with Crippen molar-refractivity contribution in [2.45, 2.75) is 13.8 Å². The lowest BCUT2D eigenvalue weighted by molar-refractivity contribution is 1.33. The van der Waals surface area contributed by atoms with Crippen LogP contribution in [0.1, 0.15) is 11.1 Å². The van der Waals surface area contributed by atoms with Gasteiger partial charge in [0.25, 0.3) is 0 Å². The maximum absolute atomic E-state index is 6.55. The molecular formula is C44H27Cl3N4. The zero-order valence-electron chi connectivity index (χ0n) is 27.5. The number of hydrogen-bond acceptors (Lipinski definition) is 2. The lowest BCUT2D eigenvalue weighted by Gasteiger charge is -2.13.